The van der Waals surface area contributed by atoms with E-state index in [1.807, 2.05) is 6.92 Å². The number of likely N-dealkylation sites (tertiary alicyclic amines) is 1. The molecule has 0 saturated carbocycles. The number of hydrogen-bond acceptors (Lipinski definition) is 3. The number of carbonyl (C=O) groups is 2. The van der Waals surface area contributed by atoms with Gasteiger partial charge in [0.25, 0.3) is 5.91 Å². The summed E-state index contributed by atoms with van der Waals surface area (Å²) < 4.78 is 1.51. The highest BCUT2D eigenvalue weighted by Gasteiger charge is 2.33. The van der Waals surface area contributed by atoms with Crippen LogP contribution in [0.3, 0.4) is 0 Å². The number of amides is 1. The number of carboxylic acid groups (broad SMARTS) is 1. The molecule has 8 heteroatoms. The summed E-state index contributed by atoms with van der Waals surface area (Å²) in [5, 5.41) is 14.5. The highest BCUT2D eigenvalue weighted by atomic mass is 35.5. The second-order valence-electron chi connectivity index (χ2n) is 6.33. The molecule has 1 amide bonds. The van der Waals surface area contributed by atoms with E-state index in [0.29, 0.717) is 28.7 Å². The molecule has 1 aromatic heterocycles. The van der Waals surface area contributed by atoms with Crippen LogP contribution in [0.2, 0.25) is 10.0 Å². The van der Waals surface area contributed by atoms with E-state index in [2.05, 4.69) is 5.10 Å². The van der Waals surface area contributed by atoms with Gasteiger partial charge in [-0.2, -0.15) is 5.10 Å². The van der Waals surface area contributed by atoms with Crippen LogP contribution in [0, 0.1) is 11.8 Å². The Morgan fingerprint density at radius 3 is 2.68 bits per heavy atom. The lowest BCUT2D eigenvalue weighted by atomic mass is 9.90. The molecule has 25 heavy (non-hydrogen) atoms. The number of carboxylic acids is 1. The van der Waals surface area contributed by atoms with E-state index in [4.69, 9.17) is 23.2 Å². The Balaban J connectivity index is 1.82. The molecule has 1 aliphatic rings. The summed E-state index contributed by atoms with van der Waals surface area (Å²) in [7, 11) is 0. The zero-order chi connectivity index (χ0) is 18.1. The van der Waals surface area contributed by atoms with E-state index in [-0.39, 0.29) is 24.1 Å². The van der Waals surface area contributed by atoms with Gasteiger partial charge in [0.1, 0.15) is 0 Å². The van der Waals surface area contributed by atoms with E-state index in [1.165, 1.54) is 4.68 Å². The van der Waals surface area contributed by atoms with Crippen LogP contribution in [-0.4, -0.2) is 44.8 Å². The monoisotopic (exact) mass is 381 g/mol. The molecule has 2 atom stereocenters. The van der Waals surface area contributed by atoms with Gasteiger partial charge < -0.3 is 10.0 Å². The summed E-state index contributed by atoms with van der Waals surface area (Å²) in [5.74, 6) is -1.56. The van der Waals surface area contributed by atoms with Crippen LogP contribution in [0.1, 0.15) is 23.8 Å². The Labute approximate surface area is 154 Å². The Hall–Kier alpha value is -2.05. The number of halogens is 2. The number of aromatic nitrogens is 2. The average molecular weight is 382 g/mol. The van der Waals surface area contributed by atoms with Crippen molar-refractivity contribution in [2.75, 3.05) is 13.1 Å². The zero-order valence-corrected chi connectivity index (χ0v) is 15.0. The molecule has 1 saturated heterocycles. The number of benzene rings is 1. The van der Waals surface area contributed by atoms with E-state index >= 15 is 0 Å². The summed E-state index contributed by atoms with van der Waals surface area (Å²) >= 11 is 12.1. The number of nitrogens with zero attached hydrogens (tertiary/aromatic N) is 3. The van der Waals surface area contributed by atoms with Gasteiger partial charge in [0.2, 0.25) is 0 Å². The first-order valence-corrected chi connectivity index (χ1v) is 8.64. The molecule has 0 aliphatic carbocycles. The van der Waals surface area contributed by atoms with Gasteiger partial charge in [-0.3, -0.25) is 9.59 Å². The molecule has 2 unspecified atom stereocenters. The summed E-state index contributed by atoms with van der Waals surface area (Å²) in [6.07, 6.45) is 2.22. The SMILES string of the molecule is CC1CC(C(=O)O)CN(C(=O)c2ccn(-c3ccc(Cl)cc3Cl)n2)C1. The molecule has 6 nitrogen and oxygen atoms in total. The molecular formula is C17H17Cl2N3O3. The molecule has 3 rings (SSSR count). The summed E-state index contributed by atoms with van der Waals surface area (Å²) in [5.41, 5.74) is 0.866. The molecule has 1 aliphatic heterocycles. The van der Waals surface area contributed by atoms with Gasteiger partial charge in [0, 0.05) is 24.3 Å². The van der Waals surface area contributed by atoms with Crippen molar-refractivity contribution in [1.29, 1.82) is 0 Å². The summed E-state index contributed by atoms with van der Waals surface area (Å²) in [6, 6.07) is 6.61. The van der Waals surface area contributed by atoms with Gasteiger partial charge in [-0.15, -0.1) is 0 Å². The van der Waals surface area contributed by atoms with Crippen molar-refractivity contribution in [2.24, 2.45) is 11.8 Å². The van der Waals surface area contributed by atoms with Gasteiger partial charge in [-0.05, 0) is 36.6 Å². The van der Waals surface area contributed by atoms with Gasteiger partial charge in [0.05, 0.1) is 16.6 Å². The maximum Gasteiger partial charge on any atom is 0.308 e. The molecule has 132 valence electrons. The minimum Gasteiger partial charge on any atom is -0.481 e. The maximum atomic E-state index is 12.7. The van der Waals surface area contributed by atoms with Crippen LogP contribution in [-0.2, 0) is 4.79 Å². The predicted octanol–water partition coefficient (Wildman–Crippen LogP) is 3.36. The van der Waals surface area contributed by atoms with Gasteiger partial charge >= 0.3 is 5.97 Å². The molecule has 2 heterocycles. The van der Waals surface area contributed by atoms with E-state index in [0.717, 1.165) is 0 Å². The quantitative estimate of drug-likeness (QED) is 0.883. The van der Waals surface area contributed by atoms with Crippen molar-refractivity contribution in [3.8, 4) is 5.69 Å². The number of rotatable bonds is 3. The van der Waals surface area contributed by atoms with Crippen LogP contribution >= 0.6 is 23.2 Å². The van der Waals surface area contributed by atoms with Crippen molar-refractivity contribution in [2.45, 2.75) is 13.3 Å². The molecule has 0 spiro atoms. The lowest BCUT2D eigenvalue weighted by Gasteiger charge is -2.34. The Bertz CT molecular complexity index is 821. The lowest BCUT2D eigenvalue weighted by Crippen LogP contribution is -2.45. The van der Waals surface area contributed by atoms with Crippen LogP contribution in [0.15, 0.2) is 30.5 Å². The molecule has 1 fully saturated rings. The second kappa shape index (κ2) is 7.06. The molecule has 0 bridgehead atoms. The molecule has 1 N–H and O–H groups in total. The Morgan fingerprint density at radius 1 is 1.24 bits per heavy atom. The first-order valence-electron chi connectivity index (χ1n) is 7.88. The summed E-state index contributed by atoms with van der Waals surface area (Å²) in [6.45, 7) is 2.67. The topological polar surface area (TPSA) is 75.4 Å². The smallest absolute Gasteiger partial charge is 0.308 e. The highest BCUT2D eigenvalue weighted by Crippen LogP contribution is 2.25. The maximum absolute atomic E-state index is 12.7. The van der Waals surface area contributed by atoms with Gasteiger partial charge in [0.15, 0.2) is 5.69 Å². The largest absolute Gasteiger partial charge is 0.481 e. The van der Waals surface area contributed by atoms with Crippen molar-refractivity contribution >= 4 is 35.1 Å². The third-order valence-corrected chi connectivity index (χ3v) is 4.80. The third kappa shape index (κ3) is 3.80. The number of carbonyl (C=O) groups excluding carboxylic acids is 1. The first kappa shape index (κ1) is 17.8. The predicted molar refractivity (Wildman–Crippen MR) is 94.4 cm³/mol. The van der Waals surface area contributed by atoms with Crippen LogP contribution < -0.4 is 0 Å². The van der Waals surface area contributed by atoms with Crippen molar-refractivity contribution in [3.05, 3.63) is 46.2 Å². The molecular weight excluding hydrogens is 365 g/mol. The fraction of sp³-hybridized carbons (Fsp3) is 0.353. The minimum atomic E-state index is -0.872. The summed E-state index contributed by atoms with van der Waals surface area (Å²) in [4.78, 5) is 25.5. The van der Waals surface area contributed by atoms with Crippen LogP contribution in [0.25, 0.3) is 5.69 Å². The zero-order valence-electron chi connectivity index (χ0n) is 13.5. The Morgan fingerprint density at radius 2 is 2.00 bits per heavy atom. The highest BCUT2D eigenvalue weighted by molar-refractivity contribution is 6.35. The van der Waals surface area contributed by atoms with E-state index in [9.17, 15) is 14.7 Å². The van der Waals surface area contributed by atoms with E-state index in [1.54, 1.807) is 35.4 Å². The van der Waals surface area contributed by atoms with E-state index < -0.39 is 11.9 Å². The molecule has 2 aromatic rings. The normalized spacial score (nSPS) is 20.5. The number of aliphatic carboxylic acids is 1. The number of hydrogen-bond donors (Lipinski definition) is 1. The minimum absolute atomic E-state index is 0.131. The van der Waals surface area contributed by atoms with Crippen molar-refractivity contribution in [3.63, 3.8) is 0 Å². The van der Waals surface area contributed by atoms with Gasteiger partial charge in [-0.25, -0.2) is 4.68 Å². The van der Waals surface area contributed by atoms with Gasteiger partial charge in [-0.1, -0.05) is 30.1 Å². The average Bonchev–Trinajstić information content (AvgIpc) is 3.03. The standard InChI is InChI=1S/C17H17Cl2N3O3/c1-10-6-11(17(24)25)9-21(8-10)16(23)14-4-5-22(20-14)15-3-2-12(18)7-13(15)19/h2-5,7,10-11H,6,8-9H2,1H3,(H,24,25). The van der Waals surface area contributed by atoms with Crippen LogP contribution in [0.5, 0.6) is 0 Å². The second-order valence-corrected chi connectivity index (χ2v) is 7.17. The lowest BCUT2D eigenvalue weighted by molar-refractivity contribution is -0.143. The molecule has 1 aromatic carbocycles. The van der Waals surface area contributed by atoms with Crippen molar-refractivity contribution in [1.82, 2.24) is 14.7 Å². The molecule has 0 radical (unpaired) electrons. The Kier molecular flexibility index (Phi) is 5.01. The fourth-order valence-corrected chi connectivity index (χ4v) is 3.59. The first-order chi connectivity index (χ1) is 11.8. The number of piperidine rings is 1. The van der Waals surface area contributed by atoms with Crippen molar-refractivity contribution < 1.29 is 14.7 Å². The van der Waals surface area contributed by atoms with Crippen LogP contribution in [0.4, 0.5) is 0 Å². The fourth-order valence-electron chi connectivity index (χ4n) is 3.10. The third-order valence-electron chi connectivity index (χ3n) is 4.26.